The zero-order valence-electron chi connectivity index (χ0n) is 9.88. The van der Waals surface area contributed by atoms with Crippen LogP contribution < -0.4 is 0 Å². The first-order valence-electron chi connectivity index (χ1n) is 5.68. The second-order valence-corrected chi connectivity index (χ2v) is 5.20. The summed E-state index contributed by atoms with van der Waals surface area (Å²) in [4.78, 5) is 25.5. The molecule has 4 rings (SSSR count). The van der Waals surface area contributed by atoms with E-state index in [9.17, 15) is 9.59 Å². The first-order valence-corrected chi connectivity index (χ1v) is 6.46. The van der Waals surface area contributed by atoms with E-state index in [1.807, 2.05) is 12.1 Å². The summed E-state index contributed by atoms with van der Waals surface area (Å²) in [6.45, 7) is 0. The number of aromatic nitrogens is 2. The number of fused-ring (bicyclic) bond motifs is 2. The monoisotopic (exact) mass is 269 g/mol. The van der Waals surface area contributed by atoms with Gasteiger partial charge >= 0.3 is 0 Å². The Labute approximate surface area is 111 Å². The topological polar surface area (TPSA) is 63.2 Å². The second-order valence-electron chi connectivity index (χ2n) is 4.44. The highest BCUT2D eigenvalue weighted by molar-refractivity contribution is 7.14. The first kappa shape index (κ1) is 10.6. The van der Waals surface area contributed by atoms with Crippen molar-refractivity contribution in [3.63, 3.8) is 0 Å². The average Bonchev–Trinajstić information content (AvgIpc) is 2.90. The predicted octanol–water partition coefficient (Wildman–Crippen LogP) is 2.07. The molecule has 92 valence electrons. The molecule has 2 amide bonds. The molecule has 2 aromatic carbocycles. The SMILES string of the molecule is CN1C(=O)c2cccc3c2c(cc2nnsc23)C1=O. The smallest absolute Gasteiger partial charge is 0.261 e. The van der Waals surface area contributed by atoms with Crippen LogP contribution in [0.2, 0.25) is 0 Å². The maximum Gasteiger partial charge on any atom is 0.261 e. The van der Waals surface area contributed by atoms with Gasteiger partial charge in [0.1, 0.15) is 5.52 Å². The quantitative estimate of drug-likeness (QED) is 0.586. The van der Waals surface area contributed by atoms with Gasteiger partial charge in [-0.3, -0.25) is 14.5 Å². The van der Waals surface area contributed by atoms with E-state index < -0.39 is 0 Å². The fraction of sp³-hybridized carbons (Fsp3) is 0.0769. The molecule has 1 aliphatic heterocycles. The summed E-state index contributed by atoms with van der Waals surface area (Å²) in [7, 11) is 1.50. The molecule has 5 nitrogen and oxygen atoms in total. The second kappa shape index (κ2) is 3.36. The number of amides is 2. The van der Waals surface area contributed by atoms with E-state index in [0.29, 0.717) is 22.0 Å². The van der Waals surface area contributed by atoms with Crippen LogP contribution in [-0.2, 0) is 0 Å². The minimum absolute atomic E-state index is 0.264. The molecule has 0 saturated heterocycles. The van der Waals surface area contributed by atoms with Gasteiger partial charge in [0.25, 0.3) is 11.8 Å². The van der Waals surface area contributed by atoms with Gasteiger partial charge in [0.2, 0.25) is 0 Å². The van der Waals surface area contributed by atoms with Gasteiger partial charge in [-0.1, -0.05) is 16.6 Å². The van der Waals surface area contributed by atoms with Gasteiger partial charge in [0.15, 0.2) is 0 Å². The van der Waals surface area contributed by atoms with Crippen molar-refractivity contribution in [2.24, 2.45) is 0 Å². The van der Waals surface area contributed by atoms with E-state index >= 15 is 0 Å². The zero-order chi connectivity index (χ0) is 13.1. The van der Waals surface area contributed by atoms with E-state index in [1.54, 1.807) is 12.1 Å². The van der Waals surface area contributed by atoms with Crippen molar-refractivity contribution in [1.29, 1.82) is 0 Å². The summed E-state index contributed by atoms with van der Waals surface area (Å²) < 4.78 is 4.83. The number of nitrogens with zero attached hydrogens (tertiary/aromatic N) is 3. The van der Waals surface area contributed by atoms with Gasteiger partial charge in [0.05, 0.1) is 10.3 Å². The van der Waals surface area contributed by atoms with Crippen molar-refractivity contribution < 1.29 is 9.59 Å². The standard InChI is InChI=1S/C13H7N3O2S/c1-16-12(17)7-4-2-3-6-10(7)8(13(16)18)5-9-11(6)19-15-14-9/h2-5H,1H3. The molecule has 0 unspecified atom stereocenters. The molecule has 19 heavy (non-hydrogen) atoms. The minimum Gasteiger partial charge on any atom is -0.277 e. The van der Waals surface area contributed by atoms with E-state index in [1.165, 1.54) is 18.6 Å². The molecule has 1 aliphatic rings. The molecule has 3 aromatic rings. The highest BCUT2D eigenvalue weighted by Crippen LogP contribution is 2.35. The van der Waals surface area contributed by atoms with Crippen molar-refractivity contribution in [3.8, 4) is 0 Å². The fourth-order valence-electron chi connectivity index (χ4n) is 2.52. The van der Waals surface area contributed by atoms with E-state index in [4.69, 9.17) is 0 Å². The van der Waals surface area contributed by atoms with Gasteiger partial charge in [-0.2, -0.15) is 0 Å². The summed E-state index contributed by atoms with van der Waals surface area (Å²) in [6.07, 6.45) is 0. The summed E-state index contributed by atoms with van der Waals surface area (Å²) in [6, 6.07) is 7.19. The lowest BCUT2D eigenvalue weighted by molar-refractivity contribution is 0.0651. The number of benzene rings is 2. The molecule has 0 fully saturated rings. The van der Waals surface area contributed by atoms with Crippen LogP contribution in [0.1, 0.15) is 20.7 Å². The van der Waals surface area contributed by atoms with Crippen LogP contribution in [0.3, 0.4) is 0 Å². The van der Waals surface area contributed by atoms with E-state index in [-0.39, 0.29) is 11.8 Å². The molecular formula is C13H7N3O2S. The van der Waals surface area contributed by atoms with Crippen LogP contribution in [0.4, 0.5) is 0 Å². The van der Waals surface area contributed by atoms with Crippen LogP contribution in [0.15, 0.2) is 24.3 Å². The minimum atomic E-state index is -0.288. The third kappa shape index (κ3) is 1.18. The predicted molar refractivity (Wildman–Crippen MR) is 71.3 cm³/mol. The number of carbonyl (C=O) groups is 2. The third-order valence-electron chi connectivity index (χ3n) is 3.44. The van der Waals surface area contributed by atoms with Gasteiger partial charge in [0, 0.05) is 23.4 Å². The molecule has 0 saturated carbocycles. The maximum atomic E-state index is 12.2. The molecule has 1 aromatic heterocycles. The lowest BCUT2D eigenvalue weighted by Gasteiger charge is -2.23. The Morgan fingerprint density at radius 2 is 1.95 bits per heavy atom. The van der Waals surface area contributed by atoms with Crippen LogP contribution in [-0.4, -0.2) is 33.3 Å². The van der Waals surface area contributed by atoms with Crippen LogP contribution in [0.25, 0.3) is 21.0 Å². The summed E-state index contributed by atoms with van der Waals surface area (Å²) in [5.74, 6) is -0.552. The van der Waals surface area contributed by atoms with Gasteiger partial charge < -0.3 is 0 Å². The van der Waals surface area contributed by atoms with Crippen molar-refractivity contribution in [2.45, 2.75) is 0 Å². The molecule has 2 heterocycles. The van der Waals surface area contributed by atoms with Crippen molar-refractivity contribution in [3.05, 3.63) is 35.4 Å². The Kier molecular flexibility index (Phi) is 1.87. The van der Waals surface area contributed by atoms with Gasteiger partial charge in [-0.15, -0.1) is 5.10 Å². The molecule has 0 atom stereocenters. The summed E-state index contributed by atoms with van der Waals surface area (Å²) in [5, 5.41) is 5.61. The van der Waals surface area contributed by atoms with Crippen LogP contribution in [0, 0.1) is 0 Å². The Bertz CT molecular complexity index is 884. The first-order chi connectivity index (χ1) is 9.18. The fourth-order valence-corrected chi connectivity index (χ4v) is 3.19. The molecule has 6 heteroatoms. The summed E-state index contributed by atoms with van der Waals surface area (Å²) >= 11 is 1.27. The van der Waals surface area contributed by atoms with Crippen molar-refractivity contribution in [1.82, 2.24) is 14.5 Å². The molecule has 0 aliphatic carbocycles. The Balaban J connectivity index is 2.32. The summed E-state index contributed by atoms with van der Waals surface area (Å²) in [5.41, 5.74) is 1.78. The Morgan fingerprint density at radius 3 is 2.79 bits per heavy atom. The van der Waals surface area contributed by atoms with Crippen molar-refractivity contribution >= 4 is 44.3 Å². The lowest BCUT2D eigenvalue weighted by atomic mass is 9.94. The highest BCUT2D eigenvalue weighted by atomic mass is 32.1. The Morgan fingerprint density at radius 1 is 1.16 bits per heavy atom. The van der Waals surface area contributed by atoms with Crippen molar-refractivity contribution in [2.75, 3.05) is 7.05 Å². The Hall–Kier alpha value is -2.34. The molecule has 0 bridgehead atoms. The normalized spacial score (nSPS) is 14.7. The van der Waals surface area contributed by atoms with E-state index in [0.717, 1.165) is 15.0 Å². The number of rotatable bonds is 0. The van der Waals surface area contributed by atoms with Gasteiger partial charge in [-0.25, -0.2) is 0 Å². The third-order valence-corrected chi connectivity index (χ3v) is 4.22. The maximum absolute atomic E-state index is 12.2. The number of carbonyl (C=O) groups excluding carboxylic acids is 2. The molecule has 0 radical (unpaired) electrons. The lowest BCUT2D eigenvalue weighted by Crippen LogP contribution is -2.36. The number of imide groups is 1. The largest absolute Gasteiger partial charge is 0.277 e. The van der Waals surface area contributed by atoms with E-state index in [2.05, 4.69) is 9.59 Å². The van der Waals surface area contributed by atoms with Crippen LogP contribution in [0.5, 0.6) is 0 Å². The molecule has 0 spiro atoms. The highest BCUT2D eigenvalue weighted by Gasteiger charge is 2.31. The number of hydrogen-bond donors (Lipinski definition) is 0. The number of hydrogen-bond acceptors (Lipinski definition) is 5. The average molecular weight is 269 g/mol. The van der Waals surface area contributed by atoms with Gasteiger partial charge in [-0.05, 0) is 23.7 Å². The molecule has 0 N–H and O–H groups in total. The van der Waals surface area contributed by atoms with Crippen LogP contribution >= 0.6 is 11.5 Å². The molecular weight excluding hydrogens is 262 g/mol. The zero-order valence-corrected chi connectivity index (χ0v) is 10.7.